The van der Waals surface area contributed by atoms with Crippen LogP contribution in [0.1, 0.15) is 30.4 Å². The number of nitrogens with one attached hydrogen (secondary N) is 1. The molecule has 190 valence electrons. The molecule has 0 saturated carbocycles. The number of aromatic nitrogens is 1. The van der Waals surface area contributed by atoms with Crippen LogP contribution in [0.3, 0.4) is 0 Å². The highest BCUT2D eigenvalue weighted by atomic mass is 16.5. The second kappa shape index (κ2) is 9.75. The second-order valence-electron chi connectivity index (χ2n) is 10.4. The summed E-state index contributed by atoms with van der Waals surface area (Å²) in [4.78, 5) is 23.3. The Balaban J connectivity index is 1.16. The lowest BCUT2D eigenvalue weighted by Gasteiger charge is -2.49. The number of anilines is 3. The fraction of sp³-hybridized carbons (Fsp3) is 0.500. The molecule has 0 aliphatic carbocycles. The average molecular weight is 490 g/mol. The maximum absolute atomic E-state index is 11.8. The van der Waals surface area contributed by atoms with Gasteiger partial charge in [0, 0.05) is 50.6 Å². The van der Waals surface area contributed by atoms with Gasteiger partial charge < -0.3 is 24.6 Å². The van der Waals surface area contributed by atoms with Crippen molar-refractivity contribution in [2.75, 3.05) is 62.7 Å². The van der Waals surface area contributed by atoms with Gasteiger partial charge in [-0.3, -0.25) is 9.69 Å². The lowest BCUT2D eigenvalue weighted by atomic mass is 9.80. The third-order valence-electron chi connectivity index (χ3n) is 8.24. The summed E-state index contributed by atoms with van der Waals surface area (Å²) in [7, 11) is 0. The standard InChI is InChI=1S/C28H35N5O3/c1-3-27(34)33-16-21(17-33)32-9-7-22(19(2)15-32)20-4-5-26-24(14-20)30-28-23(18-36-26)25(6-8-29-28)31-10-12-35-13-11-31/h3-6,8,14,19,21-22H,1,7,9-13,15-18H2,2H3,(H,29,30)/t19-,22+/m0/s1. The van der Waals surface area contributed by atoms with Crippen molar-refractivity contribution < 1.29 is 14.3 Å². The first-order valence-electron chi connectivity index (χ1n) is 13.1. The van der Waals surface area contributed by atoms with Gasteiger partial charge >= 0.3 is 0 Å². The number of morpholine rings is 1. The van der Waals surface area contributed by atoms with Crippen LogP contribution in [-0.2, 0) is 16.1 Å². The number of carbonyl (C=O) groups excluding carboxylic acids is 1. The zero-order valence-corrected chi connectivity index (χ0v) is 21.0. The molecule has 1 aromatic carbocycles. The summed E-state index contributed by atoms with van der Waals surface area (Å²) in [5.74, 6) is 2.82. The molecule has 4 aliphatic heterocycles. The third-order valence-corrected chi connectivity index (χ3v) is 8.24. The van der Waals surface area contributed by atoms with Gasteiger partial charge in [-0.05, 0) is 54.6 Å². The van der Waals surface area contributed by atoms with Crippen LogP contribution < -0.4 is 15.0 Å². The molecule has 1 N–H and O–H groups in total. The van der Waals surface area contributed by atoms with Gasteiger partial charge in [0.15, 0.2) is 0 Å². The first kappa shape index (κ1) is 23.3. The van der Waals surface area contributed by atoms with E-state index in [0.29, 0.717) is 24.5 Å². The molecule has 1 amide bonds. The zero-order valence-electron chi connectivity index (χ0n) is 21.0. The molecular weight excluding hydrogens is 454 g/mol. The van der Waals surface area contributed by atoms with E-state index >= 15 is 0 Å². The molecular formula is C28H35N5O3. The molecule has 36 heavy (non-hydrogen) atoms. The zero-order chi connectivity index (χ0) is 24.6. The minimum Gasteiger partial charge on any atom is -0.487 e. The molecule has 3 fully saturated rings. The molecule has 0 unspecified atom stereocenters. The third kappa shape index (κ3) is 4.33. The second-order valence-corrected chi connectivity index (χ2v) is 10.4. The maximum Gasteiger partial charge on any atom is 0.246 e. The van der Waals surface area contributed by atoms with Crippen LogP contribution in [0.25, 0.3) is 0 Å². The minimum absolute atomic E-state index is 0.0435. The Kier molecular flexibility index (Phi) is 6.31. The topological polar surface area (TPSA) is 70.2 Å². The van der Waals surface area contributed by atoms with E-state index in [0.717, 1.165) is 81.7 Å². The summed E-state index contributed by atoms with van der Waals surface area (Å²) in [5.41, 5.74) is 4.62. The number of nitrogens with zero attached hydrogens (tertiary/aromatic N) is 4. The smallest absolute Gasteiger partial charge is 0.246 e. The summed E-state index contributed by atoms with van der Waals surface area (Å²) < 4.78 is 11.8. The molecule has 4 aliphatic rings. The largest absolute Gasteiger partial charge is 0.487 e. The molecule has 2 aromatic rings. The van der Waals surface area contributed by atoms with Crippen molar-refractivity contribution in [2.24, 2.45) is 5.92 Å². The molecule has 2 atom stereocenters. The number of piperidine rings is 1. The number of likely N-dealkylation sites (tertiary alicyclic amines) is 2. The Morgan fingerprint density at radius 1 is 1.17 bits per heavy atom. The normalized spacial score (nSPS) is 24.5. The Labute approximate surface area is 212 Å². The molecule has 1 aromatic heterocycles. The van der Waals surface area contributed by atoms with Crippen LogP contribution in [-0.4, -0.2) is 79.2 Å². The van der Waals surface area contributed by atoms with Crippen molar-refractivity contribution in [3.63, 3.8) is 0 Å². The number of pyridine rings is 1. The Morgan fingerprint density at radius 2 is 2.00 bits per heavy atom. The van der Waals surface area contributed by atoms with E-state index in [-0.39, 0.29) is 5.91 Å². The monoisotopic (exact) mass is 489 g/mol. The van der Waals surface area contributed by atoms with E-state index in [4.69, 9.17) is 9.47 Å². The lowest BCUT2D eigenvalue weighted by Crippen LogP contribution is -2.62. The summed E-state index contributed by atoms with van der Waals surface area (Å²) in [6.07, 6.45) is 4.41. The predicted octanol–water partition coefficient (Wildman–Crippen LogP) is 3.38. The number of ether oxygens (including phenoxy) is 2. The van der Waals surface area contributed by atoms with Crippen LogP contribution in [0.4, 0.5) is 17.2 Å². The minimum atomic E-state index is 0.0435. The van der Waals surface area contributed by atoms with Crippen molar-refractivity contribution in [3.05, 3.63) is 54.2 Å². The van der Waals surface area contributed by atoms with Gasteiger partial charge in [-0.25, -0.2) is 4.98 Å². The summed E-state index contributed by atoms with van der Waals surface area (Å²) in [6, 6.07) is 9.17. The van der Waals surface area contributed by atoms with Crippen molar-refractivity contribution in [1.29, 1.82) is 0 Å². The predicted molar refractivity (Wildman–Crippen MR) is 140 cm³/mol. The van der Waals surface area contributed by atoms with Crippen molar-refractivity contribution in [2.45, 2.75) is 31.9 Å². The molecule has 8 nitrogen and oxygen atoms in total. The van der Waals surface area contributed by atoms with E-state index in [1.807, 2.05) is 11.1 Å². The molecule has 0 bridgehead atoms. The molecule has 0 radical (unpaired) electrons. The van der Waals surface area contributed by atoms with E-state index in [9.17, 15) is 4.79 Å². The van der Waals surface area contributed by atoms with E-state index in [2.05, 4.69) is 57.9 Å². The highest BCUT2D eigenvalue weighted by Crippen LogP contribution is 2.41. The highest BCUT2D eigenvalue weighted by molar-refractivity contribution is 5.87. The van der Waals surface area contributed by atoms with Crippen LogP contribution in [0, 0.1) is 5.92 Å². The molecule has 3 saturated heterocycles. The van der Waals surface area contributed by atoms with Crippen molar-refractivity contribution in [3.8, 4) is 5.75 Å². The Bertz CT molecular complexity index is 1140. The first-order chi connectivity index (χ1) is 17.6. The number of amides is 1. The molecule has 5 heterocycles. The number of rotatable bonds is 4. The number of hydrogen-bond donors (Lipinski definition) is 1. The quantitative estimate of drug-likeness (QED) is 0.661. The van der Waals surface area contributed by atoms with E-state index in [1.165, 1.54) is 17.3 Å². The van der Waals surface area contributed by atoms with Gasteiger partial charge in [0.2, 0.25) is 5.91 Å². The molecule has 6 rings (SSSR count). The van der Waals surface area contributed by atoms with E-state index < -0.39 is 0 Å². The number of benzene rings is 1. The van der Waals surface area contributed by atoms with E-state index in [1.54, 1.807) is 0 Å². The van der Waals surface area contributed by atoms with Crippen LogP contribution in [0.2, 0.25) is 0 Å². The number of fused-ring (bicyclic) bond motifs is 2. The fourth-order valence-corrected chi connectivity index (χ4v) is 6.11. The van der Waals surface area contributed by atoms with Crippen LogP contribution in [0.15, 0.2) is 43.1 Å². The van der Waals surface area contributed by atoms with Gasteiger partial charge in [-0.15, -0.1) is 0 Å². The number of hydrogen-bond acceptors (Lipinski definition) is 7. The van der Waals surface area contributed by atoms with Gasteiger partial charge in [0.1, 0.15) is 18.2 Å². The highest BCUT2D eigenvalue weighted by Gasteiger charge is 2.38. The van der Waals surface area contributed by atoms with Crippen LogP contribution >= 0.6 is 0 Å². The first-order valence-corrected chi connectivity index (χ1v) is 13.1. The molecule has 0 spiro atoms. The Morgan fingerprint density at radius 3 is 2.78 bits per heavy atom. The summed E-state index contributed by atoms with van der Waals surface area (Å²) in [6.45, 7) is 13.5. The van der Waals surface area contributed by atoms with Gasteiger partial charge in [-0.1, -0.05) is 19.6 Å². The SMILES string of the molecule is C=CC(=O)N1CC(N2CC[C@@H](c3ccc4c(c3)Nc3nccc(N5CCOCC5)c3CO4)[C@@H](C)C2)C1. The summed E-state index contributed by atoms with van der Waals surface area (Å²) >= 11 is 0. The fourth-order valence-electron chi connectivity index (χ4n) is 6.11. The van der Waals surface area contributed by atoms with Gasteiger partial charge in [0.25, 0.3) is 0 Å². The lowest BCUT2D eigenvalue weighted by molar-refractivity contribution is -0.133. The van der Waals surface area contributed by atoms with Crippen molar-refractivity contribution in [1.82, 2.24) is 14.8 Å². The number of carbonyl (C=O) groups is 1. The molecule has 8 heteroatoms. The van der Waals surface area contributed by atoms with Gasteiger partial charge in [0.05, 0.1) is 24.5 Å². The van der Waals surface area contributed by atoms with Gasteiger partial charge in [-0.2, -0.15) is 0 Å². The van der Waals surface area contributed by atoms with Crippen molar-refractivity contribution >= 4 is 23.1 Å². The Hall–Kier alpha value is -3.10. The maximum atomic E-state index is 11.8. The van der Waals surface area contributed by atoms with Crippen LogP contribution in [0.5, 0.6) is 5.75 Å². The summed E-state index contributed by atoms with van der Waals surface area (Å²) in [5, 5.41) is 3.59. The average Bonchev–Trinajstić information content (AvgIpc) is 3.07.